The minimum absolute atomic E-state index is 0.0773. The second kappa shape index (κ2) is 5.78. The number of piperazine rings is 1. The third-order valence-electron chi connectivity index (χ3n) is 3.86. The lowest BCUT2D eigenvalue weighted by Crippen LogP contribution is -2.55. The maximum Gasteiger partial charge on any atom is 0.127 e. The van der Waals surface area contributed by atoms with Gasteiger partial charge in [-0.25, -0.2) is 4.39 Å². The molecule has 1 fully saturated rings. The Morgan fingerprint density at radius 2 is 2.11 bits per heavy atom. The molecule has 1 aromatic carbocycles. The lowest BCUT2D eigenvalue weighted by Gasteiger charge is -2.43. The van der Waals surface area contributed by atoms with E-state index in [-0.39, 0.29) is 11.9 Å². The average molecular weight is 251 g/mol. The van der Waals surface area contributed by atoms with E-state index in [2.05, 4.69) is 23.8 Å². The van der Waals surface area contributed by atoms with Crippen molar-refractivity contribution in [2.24, 2.45) is 5.73 Å². The van der Waals surface area contributed by atoms with Crippen molar-refractivity contribution in [2.75, 3.05) is 33.2 Å². The van der Waals surface area contributed by atoms with Gasteiger partial charge in [0.15, 0.2) is 0 Å². The van der Waals surface area contributed by atoms with Crippen molar-refractivity contribution in [3.8, 4) is 0 Å². The zero-order chi connectivity index (χ0) is 13.1. The molecule has 1 aliphatic heterocycles. The summed E-state index contributed by atoms with van der Waals surface area (Å²) in [6.07, 6.45) is 0. The molecular weight excluding hydrogens is 229 g/mol. The monoisotopic (exact) mass is 251 g/mol. The molecule has 0 aliphatic carbocycles. The van der Waals surface area contributed by atoms with E-state index in [1.165, 1.54) is 6.07 Å². The third-order valence-corrected chi connectivity index (χ3v) is 3.86. The Morgan fingerprint density at radius 1 is 1.39 bits per heavy atom. The van der Waals surface area contributed by atoms with E-state index >= 15 is 0 Å². The van der Waals surface area contributed by atoms with Gasteiger partial charge in [-0.3, -0.25) is 4.90 Å². The summed E-state index contributed by atoms with van der Waals surface area (Å²) in [6, 6.07) is 7.40. The van der Waals surface area contributed by atoms with Crippen LogP contribution in [0.4, 0.5) is 4.39 Å². The van der Waals surface area contributed by atoms with Gasteiger partial charge in [-0.15, -0.1) is 0 Å². The molecule has 0 bridgehead atoms. The zero-order valence-electron chi connectivity index (χ0n) is 11.1. The SMILES string of the molecule is CC(c1ccccc1F)N1CCN(C)CC1CN. The molecule has 100 valence electrons. The molecule has 0 amide bonds. The van der Waals surface area contributed by atoms with Gasteiger partial charge in [0, 0.05) is 43.8 Å². The highest BCUT2D eigenvalue weighted by atomic mass is 19.1. The highest BCUT2D eigenvalue weighted by Gasteiger charge is 2.29. The van der Waals surface area contributed by atoms with Gasteiger partial charge in [-0.2, -0.15) is 0 Å². The predicted molar refractivity (Wildman–Crippen MR) is 71.9 cm³/mol. The first-order valence-corrected chi connectivity index (χ1v) is 6.52. The normalized spacial score (nSPS) is 24.1. The summed E-state index contributed by atoms with van der Waals surface area (Å²) in [5, 5.41) is 0. The Balaban J connectivity index is 2.17. The Hall–Kier alpha value is -0.970. The quantitative estimate of drug-likeness (QED) is 0.883. The summed E-state index contributed by atoms with van der Waals surface area (Å²) in [7, 11) is 2.10. The first-order valence-electron chi connectivity index (χ1n) is 6.52. The van der Waals surface area contributed by atoms with Gasteiger partial charge in [0.1, 0.15) is 5.82 Å². The van der Waals surface area contributed by atoms with E-state index in [0.29, 0.717) is 12.6 Å². The third kappa shape index (κ3) is 2.71. The highest BCUT2D eigenvalue weighted by Crippen LogP contribution is 2.26. The molecule has 1 saturated heterocycles. The number of benzene rings is 1. The summed E-state index contributed by atoms with van der Waals surface area (Å²) in [5.41, 5.74) is 6.61. The molecule has 18 heavy (non-hydrogen) atoms. The zero-order valence-corrected chi connectivity index (χ0v) is 11.1. The molecule has 1 aromatic rings. The number of rotatable bonds is 3. The summed E-state index contributed by atoms with van der Waals surface area (Å²) < 4.78 is 13.8. The van der Waals surface area contributed by atoms with Crippen LogP contribution in [0.5, 0.6) is 0 Å². The first-order chi connectivity index (χ1) is 8.63. The number of halogens is 1. The number of hydrogen-bond acceptors (Lipinski definition) is 3. The van der Waals surface area contributed by atoms with Gasteiger partial charge >= 0.3 is 0 Å². The molecule has 1 heterocycles. The molecule has 2 N–H and O–H groups in total. The Kier molecular flexibility index (Phi) is 4.32. The van der Waals surface area contributed by atoms with Crippen LogP contribution >= 0.6 is 0 Å². The molecule has 3 nitrogen and oxygen atoms in total. The van der Waals surface area contributed by atoms with Crippen LogP contribution in [0.2, 0.25) is 0 Å². The topological polar surface area (TPSA) is 32.5 Å². The van der Waals surface area contributed by atoms with E-state index in [1.54, 1.807) is 6.07 Å². The van der Waals surface area contributed by atoms with Crippen molar-refractivity contribution in [2.45, 2.75) is 19.0 Å². The van der Waals surface area contributed by atoms with Crippen LogP contribution in [0.3, 0.4) is 0 Å². The minimum Gasteiger partial charge on any atom is -0.329 e. The predicted octanol–water partition coefficient (Wildman–Crippen LogP) is 1.46. The van der Waals surface area contributed by atoms with Gasteiger partial charge in [-0.1, -0.05) is 18.2 Å². The van der Waals surface area contributed by atoms with E-state index in [0.717, 1.165) is 25.2 Å². The van der Waals surface area contributed by atoms with Crippen LogP contribution < -0.4 is 5.73 Å². The smallest absolute Gasteiger partial charge is 0.127 e. The number of nitrogens with zero attached hydrogens (tertiary/aromatic N) is 2. The lowest BCUT2D eigenvalue weighted by atomic mass is 10.0. The van der Waals surface area contributed by atoms with Crippen LogP contribution in [0.15, 0.2) is 24.3 Å². The largest absolute Gasteiger partial charge is 0.329 e. The van der Waals surface area contributed by atoms with E-state index in [1.807, 2.05) is 12.1 Å². The molecule has 2 atom stereocenters. The van der Waals surface area contributed by atoms with E-state index in [9.17, 15) is 4.39 Å². The molecule has 2 unspecified atom stereocenters. The van der Waals surface area contributed by atoms with Crippen molar-refractivity contribution in [1.29, 1.82) is 0 Å². The molecule has 4 heteroatoms. The minimum atomic E-state index is -0.125. The summed E-state index contributed by atoms with van der Waals surface area (Å²) >= 11 is 0. The average Bonchev–Trinajstić information content (AvgIpc) is 2.38. The summed E-state index contributed by atoms with van der Waals surface area (Å²) in [5.74, 6) is -0.125. The Morgan fingerprint density at radius 3 is 2.78 bits per heavy atom. The van der Waals surface area contributed by atoms with Gasteiger partial charge in [0.05, 0.1) is 0 Å². The van der Waals surface area contributed by atoms with Crippen molar-refractivity contribution >= 4 is 0 Å². The van der Waals surface area contributed by atoms with E-state index in [4.69, 9.17) is 5.73 Å². The van der Waals surface area contributed by atoms with Crippen molar-refractivity contribution in [3.63, 3.8) is 0 Å². The van der Waals surface area contributed by atoms with Crippen LogP contribution in [-0.4, -0.2) is 49.1 Å². The van der Waals surface area contributed by atoms with Crippen molar-refractivity contribution in [1.82, 2.24) is 9.80 Å². The van der Waals surface area contributed by atoms with Gasteiger partial charge < -0.3 is 10.6 Å². The molecule has 0 aromatic heterocycles. The Labute approximate surface area is 108 Å². The van der Waals surface area contributed by atoms with Crippen LogP contribution in [0, 0.1) is 5.82 Å². The molecule has 0 spiro atoms. The highest BCUT2D eigenvalue weighted by molar-refractivity contribution is 5.21. The fourth-order valence-electron chi connectivity index (χ4n) is 2.74. The van der Waals surface area contributed by atoms with E-state index < -0.39 is 0 Å². The molecule has 1 aliphatic rings. The second-order valence-electron chi connectivity index (χ2n) is 5.09. The maximum absolute atomic E-state index is 13.8. The first kappa shape index (κ1) is 13.5. The van der Waals surface area contributed by atoms with Crippen LogP contribution in [0.1, 0.15) is 18.5 Å². The molecule has 0 radical (unpaired) electrons. The lowest BCUT2D eigenvalue weighted by molar-refractivity contribution is 0.0608. The fraction of sp³-hybridized carbons (Fsp3) is 0.571. The summed E-state index contributed by atoms with van der Waals surface area (Å²) in [6.45, 7) is 5.58. The second-order valence-corrected chi connectivity index (χ2v) is 5.09. The molecule has 0 saturated carbocycles. The van der Waals surface area contributed by atoms with Crippen molar-refractivity contribution < 1.29 is 4.39 Å². The fourth-order valence-corrected chi connectivity index (χ4v) is 2.74. The number of hydrogen-bond donors (Lipinski definition) is 1. The van der Waals surface area contributed by atoms with Crippen LogP contribution in [0.25, 0.3) is 0 Å². The maximum atomic E-state index is 13.8. The number of nitrogens with two attached hydrogens (primary N) is 1. The number of likely N-dealkylation sites (N-methyl/N-ethyl adjacent to an activating group) is 1. The van der Waals surface area contributed by atoms with Gasteiger partial charge in [0.25, 0.3) is 0 Å². The van der Waals surface area contributed by atoms with Gasteiger partial charge in [-0.05, 0) is 20.0 Å². The standard InChI is InChI=1S/C14H22FN3/c1-11(13-5-3-4-6-14(13)15)18-8-7-17(2)10-12(18)9-16/h3-6,11-12H,7-10,16H2,1-2H3. The van der Waals surface area contributed by atoms with Crippen molar-refractivity contribution in [3.05, 3.63) is 35.6 Å². The van der Waals surface area contributed by atoms with Gasteiger partial charge in [0.2, 0.25) is 0 Å². The Bertz CT molecular complexity index is 396. The molecular formula is C14H22FN3. The molecule has 2 rings (SSSR count). The van der Waals surface area contributed by atoms with Crippen LogP contribution in [-0.2, 0) is 0 Å². The summed E-state index contributed by atoms with van der Waals surface area (Å²) in [4.78, 5) is 4.60.